The Morgan fingerprint density at radius 1 is 1.44 bits per heavy atom. The molecule has 1 radical (unpaired) electrons. The van der Waals surface area contributed by atoms with Crippen LogP contribution in [-0.2, 0) is 5.11 Å². The third kappa shape index (κ3) is 1.33. The van der Waals surface area contributed by atoms with Gasteiger partial charge < -0.3 is 0 Å². The van der Waals surface area contributed by atoms with Crippen molar-refractivity contribution in [1.29, 1.82) is 0 Å². The van der Waals surface area contributed by atoms with Gasteiger partial charge in [0.05, 0.1) is 0 Å². The fraction of sp³-hybridized carbons (Fsp3) is 0. The van der Waals surface area contributed by atoms with Crippen LogP contribution >= 0.6 is 11.6 Å². The topological polar surface area (TPSA) is 19.9 Å². The van der Waals surface area contributed by atoms with Crippen molar-refractivity contribution in [2.75, 3.05) is 0 Å². The van der Waals surface area contributed by atoms with Crippen LogP contribution in [0.15, 0.2) is 18.2 Å². The van der Waals surface area contributed by atoms with Crippen LogP contribution in [0.2, 0.25) is 5.02 Å². The highest BCUT2D eigenvalue weighted by atomic mass is 35.5. The Balaban J connectivity index is 3.17. The molecule has 0 fully saturated rings. The van der Waals surface area contributed by atoms with Crippen molar-refractivity contribution in [3.8, 4) is 5.75 Å². The first kappa shape index (κ1) is 6.36. The standard InChI is InChI=1S/C6H3ClFO/c7-4-1-2-5(8)6(9)3-4/h1-3H. The zero-order valence-electron chi connectivity index (χ0n) is 4.40. The summed E-state index contributed by atoms with van der Waals surface area (Å²) in [5, 5.41) is 10.6. The van der Waals surface area contributed by atoms with Gasteiger partial charge in [0.1, 0.15) is 0 Å². The lowest BCUT2D eigenvalue weighted by Gasteiger charge is -1.89. The minimum atomic E-state index is -0.764. The quantitative estimate of drug-likeness (QED) is 0.535. The predicted molar refractivity (Wildman–Crippen MR) is 31.5 cm³/mol. The molecule has 3 heteroatoms. The summed E-state index contributed by atoms with van der Waals surface area (Å²) in [6.45, 7) is 0. The molecule has 0 aliphatic heterocycles. The van der Waals surface area contributed by atoms with Gasteiger partial charge in [-0.25, -0.2) is 4.39 Å². The predicted octanol–water partition coefficient (Wildman–Crippen LogP) is 2.62. The zero-order valence-corrected chi connectivity index (χ0v) is 5.15. The van der Waals surface area contributed by atoms with E-state index in [1.807, 2.05) is 0 Å². The average molecular weight is 146 g/mol. The summed E-state index contributed by atoms with van der Waals surface area (Å²) in [5.41, 5.74) is 0. The second-order valence-electron chi connectivity index (χ2n) is 1.57. The van der Waals surface area contributed by atoms with Crippen LogP contribution in [0.5, 0.6) is 5.75 Å². The van der Waals surface area contributed by atoms with Gasteiger partial charge >= 0.3 is 0 Å². The number of hydrogen-bond donors (Lipinski definition) is 0. The summed E-state index contributed by atoms with van der Waals surface area (Å²) in [7, 11) is 0. The van der Waals surface area contributed by atoms with Crippen molar-refractivity contribution in [2.24, 2.45) is 0 Å². The molecule has 1 aromatic rings. The number of rotatable bonds is 0. The van der Waals surface area contributed by atoms with Gasteiger partial charge in [-0.05, 0) is 12.1 Å². The lowest BCUT2D eigenvalue weighted by atomic mass is 10.3. The number of benzene rings is 1. The van der Waals surface area contributed by atoms with Gasteiger partial charge in [-0.2, -0.15) is 0 Å². The van der Waals surface area contributed by atoms with E-state index >= 15 is 0 Å². The van der Waals surface area contributed by atoms with Crippen LogP contribution in [-0.4, -0.2) is 0 Å². The largest absolute Gasteiger partial charge is 0.287 e. The molecule has 0 amide bonds. The lowest BCUT2D eigenvalue weighted by molar-refractivity contribution is 0.330. The fourth-order valence-electron chi connectivity index (χ4n) is 0.477. The molecular weight excluding hydrogens is 143 g/mol. The Labute approximate surface area is 56.7 Å². The third-order valence-electron chi connectivity index (χ3n) is 0.893. The Morgan fingerprint density at radius 3 is 2.56 bits per heavy atom. The first-order valence-corrected chi connectivity index (χ1v) is 2.70. The highest BCUT2D eigenvalue weighted by Crippen LogP contribution is 2.20. The smallest absolute Gasteiger partial charge is 0.215 e. The summed E-state index contributed by atoms with van der Waals surface area (Å²) in [5.74, 6) is -1.43. The molecule has 0 N–H and O–H groups in total. The van der Waals surface area contributed by atoms with Crippen molar-refractivity contribution < 1.29 is 9.50 Å². The Bertz CT molecular complexity index is 224. The van der Waals surface area contributed by atoms with E-state index in [0.29, 0.717) is 0 Å². The van der Waals surface area contributed by atoms with E-state index in [2.05, 4.69) is 0 Å². The molecule has 0 aliphatic carbocycles. The molecular formula is C6H3ClFO. The van der Waals surface area contributed by atoms with E-state index in [4.69, 9.17) is 11.6 Å². The monoisotopic (exact) mass is 145 g/mol. The van der Waals surface area contributed by atoms with Crippen LogP contribution in [0.25, 0.3) is 0 Å². The number of halogens is 2. The molecule has 0 aliphatic rings. The molecule has 9 heavy (non-hydrogen) atoms. The maximum absolute atomic E-state index is 12.1. The molecule has 0 atom stereocenters. The van der Waals surface area contributed by atoms with Crippen LogP contribution in [0.4, 0.5) is 4.39 Å². The van der Waals surface area contributed by atoms with Crippen LogP contribution in [0.3, 0.4) is 0 Å². The second kappa shape index (κ2) is 2.23. The van der Waals surface area contributed by atoms with Crippen LogP contribution in [0, 0.1) is 5.82 Å². The van der Waals surface area contributed by atoms with Gasteiger partial charge in [-0.3, -0.25) is 5.11 Å². The van der Waals surface area contributed by atoms with Gasteiger partial charge in [-0.1, -0.05) is 11.6 Å². The molecule has 0 bridgehead atoms. The van der Waals surface area contributed by atoms with Gasteiger partial charge in [-0.15, -0.1) is 0 Å². The van der Waals surface area contributed by atoms with Crippen molar-refractivity contribution in [3.05, 3.63) is 29.0 Å². The summed E-state index contributed by atoms with van der Waals surface area (Å²) < 4.78 is 12.1. The molecule has 0 heterocycles. The van der Waals surface area contributed by atoms with Gasteiger partial charge in [0.15, 0.2) is 5.82 Å². The zero-order chi connectivity index (χ0) is 6.85. The Morgan fingerprint density at radius 2 is 2.11 bits per heavy atom. The number of hydrogen-bond acceptors (Lipinski definition) is 0. The highest BCUT2D eigenvalue weighted by Gasteiger charge is 2.00. The molecule has 0 spiro atoms. The molecule has 0 saturated carbocycles. The first-order chi connectivity index (χ1) is 4.20. The van der Waals surface area contributed by atoms with Crippen LogP contribution < -0.4 is 0 Å². The van der Waals surface area contributed by atoms with Crippen molar-refractivity contribution in [2.45, 2.75) is 0 Å². The highest BCUT2D eigenvalue weighted by molar-refractivity contribution is 6.30. The minimum Gasteiger partial charge on any atom is -0.287 e. The van der Waals surface area contributed by atoms with Crippen molar-refractivity contribution >= 4 is 11.6 Å². The molecule has 0 unspecified atom stereocenters. The normalized spacial score (nSPS) is 9.56. The van der Waals surface area contributed by atoms with Gasteiger partial charge in [0, 0.05) is 11.1 Å². The Kier molecular flexibility index (Phi) is 1.58. The van der Waals surface area contributed by atoms with E-state index < -0.39 is 11.6 Å². The average Bonchev–Trinajstić information content (AvgIpc) is 1.80. The minimum absolute atomic E-state index is 0.265. The van der Waals surface area contributed by atoms with E-state index in [1.54, 1.807) is 0 Å². The maximum Gasteiger partial charge on any atom is 0.215 e. The third-order valence-corrected chi connectivity index (χ3v) is 1.13. The second-order valence-corrected chi connectivity index (χ2v) is 2.01. The molecule has 1 aromatic carbocycles. The molecule has 0 saturated heterocycles. The summed E-state index contributed by atoms with van der Waals surface area (Å²) in [4.78, 5) is 0. The van der Waals surface area contributed by atoms with E-state index in [1.165, 1.54) is 6.07 Å². The molecule has 47 valence electrons. The summed E-state index contributed by atoms with van der Waals surface area (Å²) in [6.07, 6.45) is 0. The van der Waals surface area contributed by atoms with Crippen molar-refractivity contribution in [3.63, 3.8) is 0 Å². The molecule has 1 nitrogen and oxygen atoms in total. The molecule has 0 aromatic heterocycles. The van der Waals surface area contributed by atoms with Crippen molar-refractivity contribution in [1.82, 2.24) is 0 Å². The SMILES string of the molecule is [O]c1cc(Cl)ccc1F. The lowest BCUT2D eigenvalue weighted by Crippen LogP contribution is -1.71. The molecule has 1 rings (SSSR count). The fourth-order valence-corrected chi connectivity index (χ4v) is 0.639. The van der Waals surface area contributed by atoms with Crippen LogP contribution in [0.1, 0.15) is 0 Å². The van der Waals surface area contributed by atoms with E-state index in [-0.39, 0.29) is 5.02 Å². The Hall–Kier alpha value is -0.760. The van der Waals surface area contributed by atoms with E-state index in [9.17, 15) is 9.50 Å². The van der Waals surface area contributed by atoms with E-state index in [0.717, 1.165) is 12.1 Å². The van der Waals surface area contributed by atoms with Gasteiger partial charge in [0.25, 0.3) is 0 Å². The first-order valence-electron chi connectivity index (χ1n) is 2.32. The van der Waals surface area contributed by atoms with Gasteiger partial charge in [0.2, 0.25) is 5.75 Å². The summed E-state index contributed by atoms with van der Waals surface area (Å²) in [6, 6.07) is 3.42. The summed E-state index contributed by atoms with van der Waals surface area (Å²) >= 11 is 5.35. The maximum atomic E-state index is 12.1.